The molecule has 0 fully saturated rings. The van der Waals surface area contributed by atoms with Crippen molar-refractivity contribution in [2.75, 3.05) is 0 Å². The molecule has 1 aromatic carbocycles. The minimum Gasteiger partial charge on any atom is -0.0843 e. The summed E-state index contributed by atoms with van der Waals surface area (Å²) in [6, 6.07) is 6.24. The van der Waals surface area contributed by atoms with E-state index in [2.05, 4.69) is 39.8 Å². The minimum atomic E-state index is 0.257. The van der Waals surface area contributed by atoms with Gasteiger partial charge in [-0.15, -0.1) is 0 Å². The van der Waals surface area contributed by atoms with Crippen molar-refractivity contribution in [1.29, 1.82) is 0 Å². The number of rotatable bonds is 0. The highest BCUT2D eigenvalue weighted by atomic mass is 35.5. The fourth-order valence-electron chi connectivity index (χ4n) is 2.19. The molecule has 0 aliphatic heterocycles. The molecule has 0 nitrogen and oxygen atoms in total. The van der Waals surface area contributed by atoms with Crippen LogP contribution in [0, 0.1) is 0 Å². The first-order valence-electron chi connectivity index (χ1n) is 4.68. The van der Waals surface area contributed by atoms with E-state index in [1.165, 1.54) is 11.1 Å². The third-order valence-electron chi connectivity index (χ3n) is 3.89. The Hall–Kier alpha value is -0.490. The average Bonchev–Trinajstić information content (AvgIpc) is 2.03. The number of benzene rings is 1. The van der Waals surface area contributed by atoms with Gasteiger partial charge >= 0.3 is 0 Å². The lowest BCUT2D eigenvalue weighted by molar-refractivity contribution is 0.242. The van der Waals surface area contributed by atoms with Crippen LogP contribution in [0.1, 0.15) is 38.8 Å². The maximum atomic E-state index is 5.97. The lowest BCUT2D eigenvalue weighted by Gasteiger charge is -2.54. The molecule has 0 bridgehead atoms. The molecule has 1 aliphatic carbocycles. The van der Waals surface area contributed by atoms with Gasteiger partial charge in [0.1, 0.15) is 0 Å². The molecular formula is C12H15Cl. The van der Waals surface area contributed by atoms with Gasteiger partial charge in [-0.3, -0.25) is 0 Å². The summed E-state index contributed by atoms with van der Waals surface area (Å²) in [5, 5.41) is 0.849. The lowest BCUT2D eigenvalue weighted by atomic mass is 9.50. The Labute approximate surface area is 84.9 Å². The van der Waals surface area contributed by atoms with Gasteiger partial charge in [0.15, 0.2) is 0 Å². The summed E-state index contributed by atoms with van der Waals surface area (Å²) < 4.78 is 0. The van der Waals surface area contributed by atoms with Crippen molar-refractivity contribution < 1.29 is 0 Å². The fourth-order valence-corrected chi connectivity index (χ4v) is 2.36. The Balaban J connectivity index is 2.64. The molecule has 0 N–H and O–H groups in total. The zero-order valence-electron chi connectivity index (χ0n) is 8.61. The summed E-state index contributed by atoms with van der Waals surface area (Å²) in [5.41, 5.74) is 3.40. The Morgan fingerprint density at radius 1 is 0.923 bits per heavy atom. The van der Waals surface area contributed by atoms with E-state index in [4.69, 9.17) is 11.6 Å². The molecule has 2 rings (SSSR count). The molecular weight excluding hydrogens is 180 g/mol. The summed E-state index contributed by atoms with van der Waals surface area (Å²) in [4.78, 5) is 0. The zero-order valence-corrected chi connectivity index (χ0v) is 9.37. The van der Waals surface area contributed by atoms with Crippen molar-refractivity contribution >= 4 is 11.6 Å². The van der Waals surface area contributed by atoms with Gasteiger partial charge in [-0.2, -0.15) is 0 Å². The van der Waals surface area contributed by atoms with Crippen molar-refractivity contribution in [2.24, 2.45) is 0 Å². The summed E-state index contributed by atoms with van der Waals surface area (Å²) in [7, 11) is 0. The number of hydrogen-bond donors (Lipinski definition) is 0. The molecule has 70 valence electrons. The fraction of sp³-hybridized carbons (Fsp3) is 0.500. The Bertz CT molecular complexity index is 361. The van der Waals surface area contributed by atoms with E-state index in [0.29, 0.717) is 0 Å². The molecule has 13 heavy (non-hydrogen) atoms. The van der Waals surface area contributed by atoms with E-state index in [-0.39, 0.29) is 10.8 Å². The van der Waals surface area contributed by atoms with Crippen LogP contribution < -0.4 is 0 Å². The predicted octanol–water partition coefficient (Wildman–Crippen LogP) is 3.91. The van der Waals surface area contributed by atoms with Crippen molar-refractivity contribution in [3.8, 4) is 0 Å². The quantitative estimate of drug-likeness (QED) is 0.588. The first-order chi connectivity index (χ1) is 5.87. The van der Waals surface area contributed by atoms with Crippen LogP contribution >= 0.6 is 11.6 Å². The van der Waals surface area contributed by atoms with E-state index in [0.717, 1.165) is 5.02 Å². The maximum absolute atomic E-state index is 5.97. The van der Waals surface area contributed by atoms with Gasteiger partial charge in [-0.05, 0) is 34.1 Å². The zero-order chi connectivity index (χ0) is 9.85. The van der Waals surface area contributed by atoms with Gasteiger partial charge in [0.2, 0.25) is 0 Å². The van der Waals surface area contributed by atoms with E-state index in [9.17, 15) is 0 Å². The molecule has 1 aliphatic rings. The van der Waals surface area contributed by atoms with Gasteiger partial charge in [-0.1, -0.05) is 45.4 Å². The second-order valence-electron chi connectivity index (χ2n) is 4.94. The van der Waals surface area contributed by atoms with Crippen LogP contribution in [0.5, 0.6) is 0 Å². The van der Waals surface area contributed by atoms with Crippen LogP contribution in [0.25, 0.3) is 0 Å². The van der Waals surface area contributed by atoms with Crippen LogP contribution in [0.4, 0.5) is 0 Å². The predicted molar refractivity (Wildman–Crippen MR) is 57.5 cm³/mol. The Morgan fingerprint density at radius 3 is 2.08 bits per heavy atom. The molecule has 1 aromatic rings. The second kappa shape index (κ2) is 2.30. The molecule has 0 heterocycles. The average molecular weight is 195 g/mol. The summed E-state index contributed by atoms with van der Waals surface area (Å²) in [6.45, 7) is 9.16. The summed E-state index contributed by atoms with van der Waals surface area (Å²) in [5.74, 6) is 0. The van der Waals surface area contributed by atoms with Crippen LogP contribution in [0.2, 0.25) is 5.02 Å². The first kappa shape index (κ1) is 9.08. The number of hydrogen-bond acceptors (Lipinski definition) is 0. The second-order valence-corrected chi connectivity index (χ2v) is 5.38. The SMILES string of the molecule is CC1(C)c2ccc(Cl)cc2C1(C)C. The molecule has 0 atom stereocenters. The topological polar surface area (TPSA) is 0 Å². The molecule has 0 unspecified atom stereocenters. The normalized spacial score (nSPS) is 21.9. The van der Waals surface area contributed by atoms with Crippen molar-refractivity contribution in [1.82, 2.24) is 0 Å². The van der Waals surface area contributed by atoms with E-state index >= 15 is 0 Å². The summed E-state index contributed by atoms with van der Waals surface area (Å²) >= 11 is 5.97. The van der Waals surface area contributed by atoms with Gasteiger partial charge < -0.3 is 0 Å². The third-order valence-corrected chi connectivity index (χ3v) is 4.13. The molecule has 0 spiro atoms. The van der Waals surface area contributed by atoms with Gasteiger partial charge in [0, 0.05) is 5.02 Å². The first-order valence-corrected chi connectivity index (χ1v) is 5.05. The van der Waals surface area contributed by atoms with Crippen LogP contribution in [-0.2, 0) is 10.8 Å². The standard InChI is InChI=1S/C12H15Cl/c1-11(2)9-6-5-8(13)7-10(9)12(11,3)4/h5-7H,1-4H3. The molecule has 0 amide bonds. The van der Waals surface area contributed by atoms with Crippen LogP contribution in [0.3, 0.4) is 0 Å². The van der Waals surface area contributed by atoms with Crippen molar-refractivity contribution in [3.05, 3.63) is 34.3 Å². The van der Waals surface area contributed by atoms with E-state index in [1.807, 2.05) is 6.07 Å². The molecule has 0 saturated heterocycles. The smallest absolute Gasteiger partial charge is 0.0409 e. The van der Waals surface area contributed by atoms with Gasteiger partial charge in [-0.25, -0.2) is 0 Å². The van der Waals surface area contributed by atoms with Crippen molar-refractivity contribution in [2.45, 2.75) is 38.5 Å². The molecule has 1 heteroatoms. The van der Waals surface area contributed by atoms with E-state index in [1.54, 1.807) is 0 Å². The Morgan fingerprint density at radius 2 is 1.46 bits per heavy atom. The lowest BCUT2D eigenvalue weighted by Crippen LogP contribution is -2.50. The number of halogens is 1. The molecule has 0 aromatic heterocycles. The Kier molecular flexibility index (Phi) is 1.61. The van der Waals surface area contributed by atoms with Gasteiger partial charge in [0.25, 0.3) is 0 Å². The highest BCUT2D eigenvalue weighted by Crippen LogP contribution is 2.55. The minimum absolute atomic E-state index is 0.257. The van der Waals surface area contributed by atoms with Crippen LogP contribution in [0.15, 0.2) is 18.2 Å². The van der Waals surface area contributed by atoms with Gasteiger partial charge in [0.05, 0.1) is 0 Å². The summed E-state index contributed by atoms with van der Waals surface area (Å²) in [6.07, 6.45) is 0. The number of fused-ring (bicyclic) bond motifs is 1. The maximum Gasteiger partial charge on any atom is 0.0409 e. The van der Waals surface area contributed by atoms with Crippen molar-refractivity contribution in [3.63, 3.8) is 0 Å². The highest BCUT2D eigenvalue weighted by Gasteiger charge is 2.50. The van der Waals surface area contributed by atoms with E-state index < -0.39 is 0 Å². The molecule has 0 radical (unpaired) electrons. The monoisotopic (exact) mass is 194 g/mol. The van der Waals surface area contributed by atoms with Crippen LogP contribution in [-0.4, -0.2) is 0 Å². The largest absolute Gasteiger partial charge is 0.0843 e. The molecule has 0 saturated carbocycles. The third kappa shape index (κ3) is 0.927. The highest BCUT2D eigenvalue weighted by molar-refractivity contribution is 6.30.